The molecule has 5 heteroatoms. The van der Waals surface area contributed by atoms with Crippen LogP contribution in [0.15, 0.2) is 35.3 Å². The van der Waals surface area contributed by atoms with Gasteiger partial charge in [0.15, 0.2) is 0 Å². The number of nitrogens with one attached hydrogen (secondary N) is 1. The first-order valence-corrected chi connectivity index (χ1v) is 11.2. The van der Waals surface area contributed by atoms with E-state index in [1.54, 1.807) is 10.8 Å². The zero-order valence-corrected chi connectivity index (χ0v) is 17.7. The van der Waals surface area contributed by atoms with Crippen LogP contribution in [-0.4, -0.2) is 41.1 Å². The van der Waals surface area contributed by atoms with Gasteiger partial charge in [-0.3, -0.25) is 9.59 Å². The lowest BCUT2D eigenvalue weighted by Gasteiger charge is -2.44. The maximum atomic E-state index is 13.2. The summed E-state index contributed by atoms with van der Waals surface area (Å²) in [6.45, 7) is 7.92. The van der Waals surface area contributed by atoms with E-state index in [2.05, 4.69) is 24.1 Å². The Bertz CT molecular complexity index is 931. The fourth-order valence-corrected chi connectivity index (χ4v) is 5.19. The lowest BCUT2D eigenvalue weighted by molar-refractivity contribution is 0.0576. The zero-order valence-electron chi connectivity index (χ0n) is 17.7. The average Bonchev–Trinajstić information content (AvgIpc) is 2.73. The van der Waals surface area contributed by atoms with Crippen molar-refractivity contribution in [3.8, 4) is 0 Å². The Balaban J connectivity index is 1.56. The van der Waals surface area contributed by atoms with E-state index in [9.17, 15) is 9.59 Å². The highest BCUT2D eigenvalue weighted by Gasteiger charge is 2.33. The smallest absolute Gasteiger partial charge is 0.258 e. The molecule has 0 bridgehead atoms. The Labute approximate surface area is 173 Å². The van der Waals surface area contributed by atoms with Gasteiger partial charge in [-0.15, -0.1) is 0 Å². The van der Waals surface area contributed by atoms with Crippen molar-refractivity contribution in [2.45, 2.75) is 58.5 Å². The quantitative estimate of drug-likeness (QED) is 0.841. The number of carbonyl (C=O) groups is 1. The van der Waals surface area contributed by atoms with Crippen LogP contribution < -0.4 is 10.9 Å². The van der Waals surface area contributed by atoms with Crippen LogP contribution in [0.25, 0.3) is 10.8 Å². The van der Waals surface area contributed by atoms with Gasteiger partial charge in [0.05, 0.1) is 5.56 Å². The van der Waals surface area contributed by atoms with Crippen molar-refractivity contribution in [2.24, 2.45) is 11.8 Å². The molecular formula is C24H33N3O2. The molecule has 156 valence electrons. The minimum absolute atomic E-state index is 0.0176. The van der Waals surface area contributed by atoms with Gasteiger partial charge in [0, 0.05) is 36.1 Å². The van der Waals surface area contributed by atoms with E-state index in [4.69, 9.17) is 0 Å². The number of carbonyl (C=O) groups excluding carboxylic acids is 1. The fourth-order valence-electron chi connectivity index (χ4n) is 5.19. The number of rotatable bonds is 5. The van der Waals surface area contributed by atoms with E-state index >= 15 is 0 Å². The molecular weight excluding hydrogens is 362 g/mol. The van der Waals surface area contributed by atoms with E-state index in [1.165, 1.54) is 45.2 Å². The molecule has 0 saturated carbocycles. The van der Waals surface area contributed by atoms with Gasteiger partial charge in [0.2, 0.25) is 0 Å². The zero-order chi connectivity index (χ0) is 20.4. The molecule has 1 N–H and O–H groups in total. The average molecular weight is 396 g/mol. The molecule has 0 aliphatic carbocycles. The minimum Gasteiger partial charge on any atom is -0.352 e. The Hall–Kier alpha value is -2.14. The van der Waals surface area contributed by atoms with Crippen LogP contribution in [0, 0.1) is 11.8 Å². The molecule has 0 spiro atoms. The number of nitrogens with zero attached hydrogens (tertiary/aromatic N) is 2. The summed E-state index contributed by atoms with van der Waals surface area (Å²) in [5.41, 5.74) is 0.591. The van der Waals surface area contributed by atoms with Gasteiger partial charge in [-0.05, 0) is 56.7 Å². The van der Waals surface area contributed by atoms with Gasteiger partial charge in [-0.25, -0.2) is 0 Å². The molecule has 3 heterocycles. The standard InChI is InChI=1S/C24H33N3O2/c1-17(2)15-27-16-21(19-9-3-4-10-20(19)24(27)29)23(28)25-14-18-8-7-13-26-12-6-5-11-22(18)26/h3-4,9-10,16-18,22H,5-8,11-15H2,1-2H3,(H,25,28)/t18-,22-/m1/s1. The highest BCUT2D eigenvalue weighted by atomic mass is 16.2. The number of fused-ring (bicyclic) bond motifs is 2. The maximum Gasteiger partial charge on any atom is 0.258 e. The fraction of sp³-hybridized carbons (Fsp3) is 0.583. The lowest BCUT2D eigenvalue weighted by Crippen LogP contribution is -2.51. The molecule has 2 atom stereocenters. The molecule has 2 aliphatic heterocycles. The first kappa shape index (κ1) is 20.1. The second-order valence-electron chi connectivity index (χ2n) is 9.15. The van der Waals surface area contributed by atoms with Gasteiger partial charge < -0.3 is 14.8 Å². The molecule has 0 unspecified atom stereocenters. The van der Waals surface area contributed by atoms with Crippen molar-refractivity contribution < 1.29 is 4.79 Å². The monoisotopic (exact) mass is 395 g/mol. The van der Waals surface area contributed by atoms with E-state index in [1.807, 2.05) is 24.3 Å². The van der Waals surface area contributed by atoms with E-state index < -0.39 is 0 Å². The normalized spacial score (nSPS) is 22.6. The van der Waals surface area contributed by atoms with E-state index in [0.29, 0.717) is 35.4 Å². The summed E-state index contributed by atoms with van der Waals surface area (Å²) < 4.78 is 1.70. The van der Waals surface area contributed by atoms with Crippen molar-refractivity contribution in [3.05, 3.63) is 46.4 Å². The van der Waals surface area contributed by atoms with Gasteiger partial charge in [-0.2, -0.15) is 0 Å². The topological polar surface area (TPSA) is 54.3 Å². The summed E-state index contributed by atoms with van der Waals surface area (Å²) in [6.07, 6.45) is 8.03. The predicted molar refractivity (Wildman–Crippen MR) is 117 cm³/mol. The minimum atomic E-state index is -0.0633. The Morgan fingerprint density at radius 3 is 2.66 bits per heavy atom. The van der Waals surface area contributed by atoms with Crippen LogP contribution in [0.3, 0.4) is 0 Å². The molecule has 1 amide bonds. The predicted octanol–water partition coefficient (Wildman–Crippen LogP) is 3.65. The molecule has 2 aliphatic rings. The molecule has 0 radical (unpaired) electrons. The summed E-state index contributed by atoms with van der Waals surface area (Å²) in [4.78, 5) is 28.6. The Morgan fingerprint density at radius 1 is 1.10 bits per heavy atom. The van der Waals surface area contributed by atoms with Crippen LogP contribution in [-0.2, 0) is 6.54 Å². The summed E-state index contributed by atoms with van der Waals surface area (Å²) >= 11 is 0. The third kappa shape index (κ3) is 4.25. The van der Waals surface area contributed by atoms with E-state index in [0.717, 1.165) is 11.9 Å². The van der Waals surface area contributed by atoms with Crippen molar-refractivity contribution in [3.63, 3.8) is 0 Å². The van der Waals surface area contributed by atoms with Crippen molar-refractivity contribution in [1.29, 1.82) is 0 Å². The third-order valence-corrected chi connectivity index (χ3v) is 6.55. The highest BCUT2D eigenvalue weighted by Crippen LogP contribution is 2.30. The highest BCUT2D eigenvalue weighted by molar-refractivity contribution is 6.06. The Kier molecular flexibility index (Phi) is 6.04. The van der Waals surface area contributed by atoms with Crippen LogP contribution in [0.2, 0.25) is 0 Å². The number of aromatic nitrogens is 1. The maximum absolute atomic E-state index is 13.2. The van der Waals surface area contributed by atoms with Gasteiger partial charge >= 0.3 is 0 Å². The van der Waals surface area contributed by atoms with Gasteiger partial charge in [-0.1, -0.05) is 38.5 Å². The number of hydrogen-bond acceptors (Lipinski definition) is 3. The molecule has 4 rings (SSSR count). The molecule has 29 heavy (non-hydrogen) atoms. The van der Waals surface area contributed by atoms with Crippen LogP contribution in [0.1, 0.15) is 56.3 Å². The third-order valence-electron chi connectivity index (χ3n) is 6.55. The molecule has 2 saturated heterocycles. The number of benzene rings is 1. The molecule has 2 fully saturated rings. The lowest BCUT2D eigenvalue weighted by atomic mass is 9.83. The van der Waals surface area contributed by atoms with Crippen molar-refractivity contribution in [1.82, 2.24) is 14.8 Å². The van der Waals surface area contributed by atoms with Crippen molar-refractivity contribution in [2.75, 3.05) is 19.6 Å². The molecule has 5 nitrogen and oxygen atoms in total. The largest absolute Gasteiger partial charge is 0.352 e. The van der Waals surface area contributed by atoms with Gasteiger partial charge in [0.1, 0.15) is 0 Å². The molecule has 1 aromatic heterocycles. The summed E-state index contributed by atoms with van der Waals surface area (Å²) in [5, 5.41) is 4.58. The second-order valence-corrected chi connectivity index (χ2v) is 9.15. The Morgan fingerprint density at radius 2 is 1.86 bits per heavy atom. The number of pyridine rings is 1. The number of hydrogen-bond donors (Lipinski definition) is 1. The summed E-state index contributed by atoms with van der Waals surface area (Å²) in [5.74, 6) is 0.803. The van der Waals surface area contributed by atoms with Crippen LogP contribution in [0.4, 0.5) is 0 Å². The van der Waals surface area contributed by atoms with Crippen molar-refractivity contribution >= 4 is 16.7 Å². The first-order valence-electron chi connectivity index (χ1n) is 11.2. The van der Waals surface area contributed by atoms with Crippen LogP contribution >= 0.6 is 0 Å². The molecule has 1 aromatic carbocycles. The second kappa shape index (κ2) is 8.70. The number of amides is 1. The van der Waals surface area contributed by atoms with Crippen LogP contribution in [0.5, 0.6) is 0 Å². The van der Waals surface area contributed by atoms with E-state index in [-0.39, 0.29) is 11.5 Å². The number of piperidine rings is 2. The summed E-state index contributed by atoms with van der Waals surface area (Å²) in [6, 6.07) is 8.09. The SMILES string of the molecule is CC(C)Cn1cc(C(=O)NC[C@H]2CCCN3CCCC[C@H]23)c2ccccc2c1=O. The summed E-state index contributed by atoms with van der Waals surface area (Å²) in [7, 11) is 0. The van der Waals surface area contributed by atoms with Gasteiger partial charge in [0.25, 0.3) is 11.5 Å². The molecule has 2 aromatic rings. The first-order chi connectivity index (χ1) is 14.0.